The maximum atomic E-state index is 13.2. The molecule has 1 aliphatic carbocycles. The number of nitrogens with zero attached hydrogens (tertiary/aromatic N) is 1. The molecule has 3 atom stereocenters. The lowest BCUT2D eigenvalue weighted by Gasteiger charge is -2.24. The summed E-state index contributed by atoms with van der Waals surface area (Å²) in [7, 11) is 0. The molecule has 1 saturated heterocycles. The number of hydrogen-bond acceptors (Lipinski definition) is 2. The summed E-state index contributed by atoms with van der Waals surface area (Å²) in [6.07, 6.45) is 1.85. The van der Waals surface area contributed by atoms with Crippen molar-refractivity contribution in [3.8, 4) is 0 Å². The predicted molar refractivity (Wildman–Crippen MR) is 89.1 cm³/mol. The van der Waals surface area contributed by atoms with Gasteiger partial charge in [-0.05, 0) is 55.2 Å². The van der Waals surface area contributed by atoms with E-state index in [1.165, 1.54) is 12.1 Å². The molecule has 1 amide bonds. The number of benzene rings is 2. The minimum atomic E-state index is -0.229. The number of fused-ring (bicyclic) bond motifs is 1. The molecule has 4 heteroatoms. The second-order valence-electron chi connectivity index (χ2n) is 7.01. The number of hydrogen-bond donors (Lipinski definition) is 1. The van der Waals surface area contributed by atoms with Gasteiger partial charge in [-0.15, -0.1) is 0 Å². The Hall–Kier alpha value is -2.20. The quantitative estimate of drug-likeness (QED) is 0.941. The predicted octanol–water partition coefficient (Wildman–Crippen LogP) is 3.26. The normalized spacial score (nSPS) is 27.9. The molecular weight excluding hydrogens is 305 g/mol. The molecule has 2 aromatic carbocycles. The van der Waals surface area contributed by atoms with Crippen LogP contribution in [0.15, 0.2) is 48.5 Å². The van der Waals surface area contributed by atoms with Crippen LogP contribution in [0.5, 0.6) is 0 Å². The number of piperidine rings is 1. The van der Waals surface area contributed by atoms with Crippen LogP contribution < -0.4 is 0 Å². The average Bonchev–Trinajstić information content (AvgIpc) is 3.22. The monoisotopic (exact) mass is 325 g/mol. The smallest absolute Gasteiger partial charge is 0.254 e. The molecule has 2 aromatic rings. The van der Waals surface area contributed by atoms with Crippen LogP contribution in [0.1, 0.15) is 41.3 Å². The first-order valence-electron chi connectivity index (χ1n) is 8.34. The van der Waals surface area contributed by atoms with Crippen LogP contribution in [0.25, 0.3) is 0 Å². The SMILES string of the molecule is C[C@@H]1C[C@]2(c3ccc(F)cc3)C[C@@H]2N1C(=O)c1cccc(CO)c1. The van der Waals surface area contributed by atoms with Crippen molar-refractivity contribution in [3.05, 3.63) is 71.0 Å². The van der Waals surface area contributed by atoms with Gasteiger partial charge in [0.15, 0.2) is 0 Å². The van der Waals surface area contributed by atoms with E-state index in [-0.39, 0.29) is 35.8 Å². The molecule has 0 radical (unpaired) electrons. The van der Waals surface area contributed by atoms with Gasteiger partial charge in [-0.25, -0.2) is 4.39 Å². The summed E-state index contributed by atoms with van der Waals surface area (Å²) in [6, 6.07) is 14.2. The molecular formula is C20H20FNO2. The summed E-state index contributed by atoms with van der Waals surface area (Å²) < 4.78 is 13.2. The van der Waals surface area contributed by atoms with Crippen LogP contribution in [0, 0.1) is 5.82 Å². The summed E-state index contributed by atoms with van der Waals surface area (Å²) in [5, 5.41) is 9.28. The molecule has 1 heterocycles. The molecule has 24 heavy (non-hydrogen) atoms. The molecule has 0 spiro atoms. The zero-order valence-corrected chi connectivity index (χ0v) is 13.6. The van der Waals surface area contributed by atoms with Gasteiger partial charge in [-0.3, -0.25) is 4.79 Å². The van der Waals surface area contributed by atoms with E-state index >= 15 is 0 Å². The molecule has 1 aliphatic heterocycles. The Kier molecular flexibility index (Phi) is 3.46. The molecule has 0 unspecified atom stereocenters. The largest absolute Gasteiger partial charge is 0.392 e. The summed E-state index contributed by atoms with van der Waals surface area (Å²) in [6.45, 7) is 2.00. The number of halogens is 1. The zero-order chi connectivity index (χ0) is 16.9. The van der Waals surface area contributed by atoms with Gasteiger partial charge >= 0.3 is 0 Å². The highest BCUT2D eigenvalue weighted by molar-refractivity contribution is 5.95. The average molecular weight is 325 g/mol. The lowest BCUT2D eigenvalue weighted by atomic mass is 9.91. The lowest BCUT2D eigenvalue weighted by molar-refractivity contribution is 0.0713. The summed E-state index contributed by atoms with van der Waals surface area (Å²) in [5.41, 5.74) is 2.47. The fraction of sp³-hybridized carbons (Fsp3) is 0.350. The van der Waals surface area contributed by atoms with Crippen molar-refractivity contribution >= 4 is 5.91 Å². The lowest BCUT2D eigenvalue weighted by Crippen LogP contribution is -2.36. The molecule has 1 N–H and O–H groups in total. The molecule has 0 aromatic heterocycles. The Balaban J connectivity index is 1.61. The van der Waals surface area contributed by atoms with Crippen molar-refractivity contribution in [1.82, 2.24) is 4.90 Å². The second-order valence-corrected chi connectivity index (χ2v) is 7.01. The number of likely N-dealkylation sites (tertiary alicyclic amines) is 1. The van der Waals surface area contributed by atoms with E-state index in [1.807, 2.05) is 23.1 Å². The third-order valence-corrected chi connectivity index (χ3v) is 5.52. The summed E-state index contributed by atoms with van der Waals surface area (Å²) in [5.74, 6) is -0.212. The Morgan fingerprint density at radius 2 is 2.00 bits per heavy atom. The van der Waals surface area contributed by atoms with Crippen molar-refractivity contribution in [3.63, 3.8) is 0 Å². The van der Waals surface area contributed by atoms with Crippen LogP contribution in [-0.2, 0) is 12.0 Å². The molecule has 2 aliphatic rings. The van der Waals surface area contributed by atoms with Gasteiger partial charge in [0.05, 0.1) is 6.61 Å². The van der Waals surface area contributed by atoms with E-state index in [9.17, 15) is 14.3 Å². The van der Waals surface area contributed by atoms with E-state index in [0.29, 0.717) is 5.56 Å². The van der Waals surface area contributed by atoms with Crippen molar-refractivity contribution < 1.29 is 14.3 Å². The standard InChI is InChI=1S/C20H20FNO2/c1-13-10-20(16-5-7-17(21)8-6-16)11-18(20)22(13)19(24)15-4-2-3-14(9-15)12-23/h2-9,13,18,23H,10-12H2,1H3/t13-,18+,20-/m1/s1. The molecule has 124 valence electrons. The first-order valence-corrected chi connectivity index (χ1v) is 8.34. The van der Waals surface area contributed by atoms with Crippen molar-refractivity contribution in [2.24, 2.45) is 0 Å². The molecule has 2 fully saturated rings. The highest BCUT2D eigenvalue weighted by Gasteiger charge is 2.65. The van der Waals surface area contributed by atoms with Crippen LogP contribution in [0.4, 0.5) is 4.39 Å². The zero-order valence-electron chi connectivity index (χ0n) is 13.6. The summed E-state index contributed by atoms with van der Waals surface area (Å²) in [4.78, 5) is 14.9. The fourth-order valence-corrected chi connectivity index (χ4v) is 4.31. The summed E-state index contributed by atoms with van der Waals surface area (Å²) >= 11 is 0. The van der Waals surface area contributed by atoms with Crippen LogP contribution >= 0.6 is 0 Å². The Labute approximate surface area is 140 Å². The second kappa shape index (κ2) is 5.42. The van der Waals surface area contributed by atoms with Gasteiger partial charge in [0, 0.05) is 23.1 Å². The van der Waals surface area contributed by atoms with E-state index < -0.39 is 0 Å². The molecule has 3 nitrogen and oxygen atoms in total. The van der Waals surface area contributed by atoms with E-state index in [0.717, 1.165) is 24.0 Å². The molecule has 1 saturated carbocycles. The van der Waals surface area contributed by atoms with Gasteiger partial charge in [0.25, 0.3) is 5.91 Å². The first-order chi connectivity index (χ1) is 11.5. The topological polar surface area (TPSA) is 40.5 Å². The Morgan fingerprint density at radius 3 is 2.71 bits per heavy atom. The molecule has 0 bridgehead atoms. The van der Waals surface area contributed by atoms with Gasteiger partial charge in [-0.2, -0.15) is 0 Å². The number of carbonyl (C=O) groups is 1. The maximum absolute atomic E-state index is 13.2. The van der Waals surface area contributed by atoms with E-state index in [4.69, 9.17) is 0 Å². The highest BCUT2D eigenvalue weighted by Crippen LogP contribution is 2.60. The number of carbonyl (C=O) groups excluding carboxylic acids is 1. The minimum absolute atomic E-state index is 0.0165. The number of aliphatic hydroxyl groups excluding tert-OH is 1. The maximum Gasteiger partial charge on any atom is 0.254 e. The van der Waals surface area contributed by atoms with E-state index in [2.05, 4.69) is 6.92 Å². The van der Waals surface area contributed by atoms with Crippen LogP contribution in [0.2, 0.25) is 0 Å². The van der Waals surface area contributed by atoms with Crippen molar-refractivity contribution in [2.75, 3.05) is 0 Å². The fourth-order valence-electron chi connectivity index (χ4n) is 4.31. The van der Waals surface area contributed by atoms with Crippen LogP contribution in [-0.4, -0.2) is 28.0 Å². The number of amides is 1. The van der Waals surface area contributed by atoms with Crippen LogP contribution in [0.3, 0.4) is 0 Å². The van der Waals surface area contributed by atoms with Crippen molar-refractivity contribution in [2.45, 2.75) is 43.9 Å². The van der Waals surface area contributed by atoms with Gasteiger partial charge in [0.2, 0.25) is 0 Å². The Morgan fingerprint density at radius 1 is 1.25 bits per heavy atom. The molecule has 4 rings (SSSR count). The van der Waals surface area contributed by atoms with Gasteiger partial charge in [-0.1, -0.05) is 24.3 Å². The minimum Gasteiger partial charge on any atom is -0.392 e. The van der Waals surface area contributed by atoms with E-state index in [1.54, 1.807) is 18.2 Å². The highest BCUT2D eigenvalue weighted by atomic mass is 19.1. The van der Waals surface area contributed by atoms with Gasteiger partial charge in [0.1, 0.15) is 5.82 Å². The first kappa shape index (κ1) is 15.3. The van der Waals surface area contributed by atoms with Crippen molar-refractivity contribution in [1.29, 1.82) is 0 Å². The Bertz CT molecular complexity index is 788. The number of aliphatic hydroxyl groups is 1. The third kappa shape index (κ3) is 2.25. The number of rotatable bonds is 3. The van der Waals surface area contributed by atoms with Gasteiger partial charge < -0.3 is 10.0 Å². The third-order valence-electron chi connectivity index (χ3n) is 5.52.